The third-order valence-corrected chi connectivity index (χ3v) is 5.74. The summed E-state index contributed by atoms with van der Waals surface area (Å²) >= 11 is 0. The van der Waals surface area contributed by atoms with Crippen LogP contribution in [-0.4, -0.2) is 47.0 Å². The second kappa shape index (κ2) is 7.93. The first kappa shape index (κ1) is 21.3. The van der Waals surface area contributed by atoms with Crippen LogP contribution in [0.3, 0.4) is 0 Å². The van der Waals surface area contributed by atoms with Crippen molar-refractivity contribution in [1.82, 2.24) is 9.80 Å². The van der Waals surface area contributed by atoms with Crippen molar-refractivity contribution in [1.29, 1.82) is 0 Å². The lowest BCUT2D eigenvalue weighted by molar-refractivity contribution is -0.177. The second-order valence-corrected chi connectivity index (χ2v) is 7.81. The molecule has 11 heteroatoms. The monoisotopic (exact) mass is 440 g/mol. The zero-order chi connectivity index (χ0) is 22.3. The number of nitrogens with zero attached hydrogens (tertiary/aromatic N) is 4. The van der Waals surface area contributed by atoms with Crippen LogP contribution in [0.2, 0.25) is 0 Å². The Morgan fingerprint density at radius 1 is 1.16 bits per heavy atom. The van der Waals surface area contributed by atoms with E-state index < -0.39 is 23.8 Å². The number of azo groups is 1. The number of ether oxygens (including phenoxy) is 1. The molecule has 1 fully saturated rings. The van der Waals surface area contributed by atoms with E-state index in [0.717, 1.165) is 6.20 Å². The van der Waals surface area contributed by atoms with Gasteiger partial charge in [0.25, 0.3) is 5.91 Å². The highest BCUT2D eigenvalue weighted by Gasteiger charge is 2.50. The minimum absolute atomic E-state index is 0.0186. The number of rotatable bonds is 3. The number of halogens is 4. The molecule has 1 atom stereocenters. The molecule has 3 aliphatic rings. The third-order valence-electron chi connectivity index (χ3n) is 5.74. The molecule has 0 aromatic heterocycles. The average Bonchev–Trinajstić information content (AvgIpc) is 3.10. The molecule has 7 nitrogen and oxygen atoms in total. The summed E-state index contributed by atoms with van der Waals surface area (Å²) in [5.41, 5.74) is 0.838. The number of carbonyl (C=O) groups excluding carboxylic acids is 2. The molecule has 1 aromatic rings. The van der Waals surface area contributed by atoms with E-state index in [1.807, 2.05) is 0 Å². The predicted octanol–water partition coefficient (Wildman–Crippen LogP) is 3.54. The van der Waals surface area contributed by atoms with Gasteiger partial charge in [0.2, 0.25) is 5.91 Å². The van der Waals surface area contributed by atoms with E-state index >= 15 is 0 Å². The molecule has 1 aromatic carbocycles. The van der Waals surface area contributed by atoms with Crippen LogP contribution >= 0.6 is 0 Å². The lowest BCUT2D eigenvalue weighted by Gasteiger charge is -2.31. The van der Waals surface area contributed by atoms with Crippen LogP contribution in [0.5, 0.6) is 5.75 Å². The molecule has 0 saturated carbocycles. The number of fused-ring (bicyclic) bond motifs is 1. The van der Waals surface area contributed by atoms with Gasteiger partial charge in [0.15, 0.2) is 17.5 Å². The topological polar surface area (TPSA) is 74.6 Å². The summed E-state index contributed by atoms with van der Waals surface area (Å²) in [5, 5.41) is 6.40. The van der Waals surface area contributed by atoms with Gasteiger partial charge in [0, 0.05) is 45.9 Å². The zero-order valence-electron chi connectivity index (χ0n) is 16.7. The number of benzene rings is 1. The Morgan fingerprint density at radius 3 is 2.42 bits per heavy atom. The highest BCUT2D eigenvalue weighted by Crippen LogP contribution is 2.40. The summed E-state index contributed by atoms with van der Waals surface area (Å²) in [7, 11) is 0. The SMILES string of the molecule is CC(=O)N1CCC(Oc2cc3c(cc2F)CN(C2=CN=NC(=O)C2C(F)(F)F)C3)CC1. The van der Waals surface area contributed by atoms with Gasteiger partial charge in [-0.1, -0.05) is 0 Å². The van der Waals surface area contributed by atoms with Gasteiger partial charge < -0.3 is 14.5 Å². The van der Waals surface area contributed by atoms with Gasteiger partial charge in [-0.2, -0.15) is 18.3 Å². The van der Waals surface area contributed by atoms with Crippen LogP contribution < -0.4 is 4.74 Å². The maximum atomic E-state index is 14.6. The number of hydrogen-bond acceptors (Lipinski definition) is 5. The zero-order valence-corrected chi connectivity index (χ0v) is 16.7. The molecule has 31 heavy (non-hydrogen) atoms. The largest absolute Gasteiger partial charge is 0.487 e. The first-order valence-corrected chi connectivity index (χ1v) is 9.83. The van der Waals surface area contributed by atoms with Crippen molar-refractivity contribution >= 4 is 11.8 Å². The van der Waals surface area contributed by atoms with Crippen molar-refractivity contribution < 1.29 is 31.9 Å². The number of carbonyl (C=O) groups is 2. The van der Waals surface area contributed by atoms with Crippen molar-refractivity contribution in [3.63, 3.8) is 0 Å². The standard InChI is InChI=1S/C20H20F4N4O3/c1-11(29)27-4-2-14(3-5-27)31-17-7-13-10-28(9-12(13)6-15(17)21)16-8-25-26-19(30)18(16)20(22,23)24/h6-8,14,18H,2-5,9-10H2,1H3. The van der Waals surface area contributed by atoms with E-state index in [2.05, 4.69) is 10.2 Å². The van der Waals surface area contributed by atoms with Gasteiger partial charge >= 0.3 is 6.18 Å². The van der Waals surface area contributed by atoms with E-state index in [1.165, 1.54) is 24.0 Å². The Labute approximate surface area is 175 Å². The van der Waals surface area contributed by atoms with E-state index in [-0.39, 0.29) is 36.5 Å². The predicted molar refractivity (Wildman–Crippen MR) is 99.0 cm³/mol. The summed E-state index contributed by atoms with van der Waals surface area (Å²) < 4.78 is 60.6. The van der Waals surface area contributed by atoms with Crippen molar-refractivity contribution in [3.8, 4) is 5.75 Å². The summed E-state index contributed by atoms with van der Waals surface area (Å²) in [5.74, 6) is -4.34. The summed E-state index contributed by atoms with van der Waals surface area (Å²) in [6.07, 6.45) is -2.99. The highest BCUT2D eigenvalue weighted by atomic mass is 19.4. The summed E-state index contributed by atoms with van der Waals surface area (Å²) in [6, 6.07) is 2.75. The molecule has 0 N–H and O–H groups in total. The van der Waals surface area contributed by atoms with E-state index in [0.29, 0.717) is 37.1 Å². The molecule has 0 bridgehead atoms. The fourth-order valence-corrected chi connectivity index (χ4v) is 4.11. The summed E-state index contributed by atoms with van der Waals surface area (Å²) in [4.78, 5) is 26.2. The maximum Gasteiger partial charge on any atom is 0.406 e. The van der Waals surface area contributed by atoms with Crippen LogP contribution in [-0.2, 0) is 22.7 Å². The van der Waals surface area contributed by atoms with Gasteiger partial charge in [0.05, 0.1) is 11.9 Å². The fourth-order valence-electron chi connectivity index (χ4n) is 4.11. The van der Waals surface area contributed by atoms with E-state index in [4.69, 9.17) is 4.74 Å². The number of amides is 2. The molecule has 2 amide bonds. The fraction of sp³-hybridized carbons (Fsp3) is 0.500. The average molecular weight is 440 g/mol. The molecule has 3 heterocycles. The number of hydrogen-bond donors (Lipinski definition) is 0. The van der Waals surface area contributed by atoms with Crippen molar-refractivity contribution in [2.24, 2.45) is 16.1 Å². The lowest BCUT2D eigenvalue weighted by Crippen LogP contribution is -2.40. The smallest absolute Gasteiger partial charge is 0.406 e. The molecule has 1 unspecified atom stereocenters. The van der Waals surface area contributed by atoms with Gasteiger partial charge in [-0.3, -0.25) is 9.59 Å². The number of piperidine rings is 1. The number of alkyl halides is 3. The Hall–Kier alpha value is -2.98. The lowest BCUT2D eigenvalue weighted by atomic mass is 10.0. The van der Waals surface area contributed by atoms with Gasteiger partial charge in [-0.25, -0.2) is 4.39 Å². The first-order chi connectivity index (χ1) is 14.6. The molecular weight excluding hydrogens is 420 g/mol. The molecule has 1 saturated heterocycles. The molecule has 4 rings (SSSR count). The maximum absolute atomic E-state index is 14.6. The molecule has 166 valence electrons. The van der Waals surface area contributed by atoms with Crippen LogP contribution in [0.25, 0.3) is 0 Å². The minimum atomic E-state index is -4.80. The van der Waals surface area contributed by atoms with E-state index in [9.17, 15) is 27.2 Å². The summed E-state index contributed by atoms with van der Waals surface area (Å²) in [6.45, 7) is 2.62. The quantitative estimate of drug-likeness (QED) is 0.674. The van der Waals surface area contributed by atoms with Gasteiger partial charge in [-0.05, 0) is 23.3 Å². The van der Waals surface area contributed by atoms with Gasteiger partial charge in [-0.15, -0.1) is 5.11 Å². The Morgan fingerprint density at radius 2 is 1.81 bits per heavy atom. The van der Waals surface area contributed by atoms with Crippen molar-refractivity contribution in [2.45, 2.75) is 45.1 Å². The third kappa shape index (κ3) is 4.26. The van der Waals surface area contributed by atoms with E-state index in [1.54, 1.807) is 4.90 Å². The normalized spacial score (nSPS) is 21.9. The Bertz CT molecular complexity index is 968. The van der Waals surface area contributed by atoms with Crippen molar-refractivity contribution in [3.05, 3.63) is 41.0 Å². The Balaban J connectivity index is 1.49. The second-order valence-electron chi connectivity index (χ2n) is 7.81. The van der Waals surface area contributed by atoms with Gasteiger partial charge in [0.1, 0.15) is 6.10 Å². The molecule has 3 aliphatic heterocycles. The molecule has 0 radical (unpaired) electrons. The molecule has 0 spiro atoms. The minimum Gasteiger partial charge on any atom is -0.487 e. The number of likely N-dealkylation sites (tertiary alicyclic amines) is 1. The highest BCUT2D eigenvalue weighted by molar-refractivity contribution is 5.83. The van der Waals surface area contributed by atoms with Crippen LogP contribution in [0.1, 0.15) is 30.9 Å². The first-order valence-electron chi connectivity index (χ1n) is 9.83. The van der Waals surface area contributed by atoms with Crippen molar-refractivity contribution in [2.75, 3.05) is 13.1 Å². The molecular formula is C20H20F4N4O3. The van der Waals surface area contributed by atoms with Crippen LogP contribution in [0.15, 0.2) is 34.3 Å². The Kier molecular flexibility index (Phi) is 5.44. The molecule has 0 aliphatic carbocycles. The van der Waals surface area contributed by atoms with Crippen LogP contribution in [0, 0.1) is 11.7 Å². The van der Waals surface area contributed by atoms with Crippen LogP contribution in [0.4, 0.5) is 17.6 Å².